The first-order valence-corrected chi connectivity index (χ1v) is 9.60. The van der Waals surface area contributed by atoms with Crippen molar-refractivity contribution in [3.63, 3.8) is 0 Å². The van der Waals surface area contributed by atoms with Crippen LogP contribution in [-0.4, -0.2) is 47.7 Å². The molecule has 0 fully saturated rings. The maximum atomic E-state index is 12.1. The molecule has 1 N–H and O–H groups in total. The molecule has 0 spiro atoms. The number of thioether (sulfide) groups is 1. The van der Waals surface area contributed by atoms with Gasteiger partial charge in [-0.2, -0.15) is 11.8 Å². The van der Waals surface area contributed by atoms with Crippen LogP contribution in [0.3, 0.4) is 0 Å². The summed E-state index contributed by atoms with van der Waals surface area (Å²) in [5.41, 5.74) is -0.540. The molecule has 5 nitrogen and oxygen atoms in total. The lowest BCUT2D eigenvalue weighted by molar-refractivity contribution is -0.157. The predicted molar refractivity (Wildman–Crippen MR) is 95.7 cm³/mol. The second-order valence-corrected chi connectivity index (χ2v) is 7.66. The van der Waals surface area contributed by atoms with Gasteiger partial charge in [-0.15, -0.1) is 0 Å². The molecule has 23 heavy (non-hydrogen) atoms. The summed E-state index contributed by atoms with van der Waals surface area (Å²) in [6.07, 6.45) is 3.51. The molecule has 136 valence electrons. The largest absolute Gasteiger partial charge is 0.465 e. The lowest BCUT2D eigenvalue weighted by atomic mass is 10.2. The Balaban J connectivity index is 4.49. The number of carbonyl (C=O) groups is 2. The molecule has 0 saturated heterocycles. The molecular formula is C17H33NO4S. The Morgan fingerprint density at radius 2 is 1.78 bits per heavy atom. The number of hydrogen-bond donors (Lipinski definition) is 1. The maximum absolute atomic E-state index is 12.1. The number of esters is 2. The van der Waals surface area contributed by atoms with Gasteiger partial charge in [0.25, 0.3) is 0 Å². The summed E-state index contributed by atoms with van der Waals surface area (Å²) in [6, 6.07) is -1.05. The Labute approximate surface area is 145 Å². The van der Waals surface area contributed by atoms with Crippen LogP contribution in [0.25, 0.3) is 0 Å². The second-order valence-electron chi connectivity index (χ2n) is 6.51. The first kappa shape index (κ1) is 22.2. The van der Waals surface area contributed by atoms with Crippen molar-refractivity contribution in [3.8, 4) is 0 Å². The average molecular weight is 348 g/mol. The van der Waals surface area contributed by atoms with E-state index in [4.69, 9.17) is 9.47 Å². The minimum Gasteiger partial charge on any atom is -0.465 e. The van der Waals surface area contributed by atoms with Crippen LogP contribution in [0.15, 0.2) is 0 Å². The van der Waals surface area contributed by atoms with Crippen LogP contribution in [-0.2, 0) is 19.1 Å². The smallest absolute Gasteiger partial charge is 0.324 e. The zero-order valence-corrected chi connectivity index (χ0v) is 16.3. The second kappa shape index (κ2) is 11.7. The van der Waals surface area contributed by atoms with E-state index in [1.165, 1.54) is 12.8 Å². The van der Waals surface area contributed by atoms with Gasteiger partial charge in [-0.3, -0.25) is 14.9 Å². The van der Waals surface area contributed by atoms with Crippen LogP contribution in [0.1, 0.15) is 60.8 Å². The van der Waals surface area contributed by atoms with E-state index in [1.807, 2.05) is 20.8 Å². The van der Waals surface area contributed by atoms with Crippen molar-refractivity contribution in [2.45, 2.75) is 78.5 Å². The van der Waals surface area contributed by atoms with Gasteiger partial charge in [0.2, 0.25) is 0 Å². The fourth-order valence-corrected chi connectivity index (χ4v) is 2.89. The van der Waals surface area contributed by atoms with E-state index < -0.39 is 17.7 Å². The maximum Gasteiger partial charge on any atom is 0.324 e. The lowest BCUT2D eigenvalue weighted by Crippen LogP contribution is -2.49. The highest BCUT2D eigenvalue weighted by Crippen LogP contribution is 2.12. The summed E-state index contributed by atoms with van der Waals surface area (Å²) in [5.74, 6) is 0.927. The van der Waals surface area contributed by atoms with Gasteiger partial charge in [-0.1, -0.05) is 19.8 Å². The number of ether oxygens (including phenoxy) is 2. The number of nitrogens with one attached hydrogen (secondary N) is 1. The molecule has 2 atom stereocenters. The van der Waals surface area contributed by atoms with Crippen LogP contribution >= 0.6 is 11.8 Å². The molecule has 0 saturated carbocycles. The van der Waals surface area contributed by atoms with Gasteiger partial charge in [0.05, 0.1) is 6.61 Å². The first-order valence-electron chi connectivity index (χ1n) is 8.44. The highest BCUT2D eigenvalue weighted by Gasteiger charge is 2.27. The van der Waals surface area contributed by atoms with Gasteiger partial charge >= 0.3 is 11.9 Å². The van der Waals surface area contributed by atoms with E-state index in [0.29, 0.717) is 12.4 Å². The zero-order chi connectivity index (χ0) is 17.9. The average Bonchev–Trinajstić information content (AvgIpc) is 2.44. The molecule has 0 amide bonds. The van der Waals surface area contributed by atoms with E-state index in [-0.39, 0.29) is 11.9 Å². The van der Waals surface area contributed by atoms with Crippen molar-refractivity contribution in [1.29, 1.82) is 0 Å². The molecule has 0 aliphatic rings. The van der Waals surface area contributed by atoms with Gasteiger partial charge in [0, 0.05) is 5.75 Å². The molecule has 6 heteroatoms. The summed E-state index contributed by atoms with van der Waals surface area (Å²) in [5, 5.41) is 3.04. The van der Waals surface area contributed by atoms with Crippen molar-refractivity contribution < 1.29 is 19.1 Å². The molecule has 0 aromatic rings. The molecule has 0 aliphatic heterocycles. The minimum absolute atomic E-state index is 0.314. The molecule has 0 bridgehead atoms. The van der Waals surface area contributed by atoms with Crippen molar-refractivity contribution in [1.82, 2.24) is 5.32 Å². The first-order chi connectivity index (χ1) is 10.7. The Morgan fingerprint density at radius 3 is 2.30 bits per heavy atom. The van der Waals surface area contributed by atoms with Crippen molar-refractivity contribution in [2.24, 2.45) is 0 Å². The molecule has 0 rings (SSSR count). The molecule has 0 aliphatic carbocycles. The standard InChI is InChI=1S/C17H33NO4S/c1-7-9-10-11-23-12-14(16(20)21-8-2)18-13(3)15(19)22-17(4,5)6/h13-14,18H,7-12H2,1-6H3/t13?,14-/m0/s1. The van der Waals surface area contributed by atoms with E-state index >= 15 is 0 Å². The third kappa shape index (κ3) is 11.4. The molecule has 0 heterocycles. The Kier molecular flexibility index (Phi) is 11.4. The highest BCUT2D eigenvalue weighted by atomic mass is 32.2. The summed E-state index contributed by atoms with van der Waals surface area (Å²) < 4.78 is 10.4. The Bertz CT molecular complexity index is 355. The zero-order valence-electron chi connectivity index (χ0n) is 15.4. The SMILES string of the molecule is CCCCCSC[C@H](NC(C)C(=O)OC(C)(C)C)C(=O)OCC. The van der Waals surface area contributed by atoms with Gasteiger partial charge in [0.1, 0.15) is 17.7 Å². The van der Waals surface area contributed by atoms with Crippen LogP contribution in [0, 0.1) is 0 Å². The van der Waals surface area contributed by atoms with E-state index in [0.717, 1.165) is 12.2 Å². The van der Waals surface area contributed by atoms with Gasteiger partial charge in [-0.25, -0.2) is 0 Å². The normalized spacial score (nSPS) is 14.2. The topological polar surface area (TPSA) is 64.6 Å². The van der Waals surface area contributed by atoms with Gasteiger partial charge in [-0.05, 0) is 46.8 Å². The minimum atomic E-state index is -0.556. The highest BCUT2D eigenvalue weighted by molar-refractivity contribution is 7.99. The third-order valence-electron chi connectivity index (χ3n) is 2.96. The fourth-order valence-electron chi connectivity index (χ4n) is 1.84. The fraction of sp³-hybridized carbons (Fsp3) is 0.882. The monoisotopic (exact) mass is 347 g/mol. The van der Waals surface area contributed by atoms with Gasteiger partial charge < -0.3 is 9.47 Å². The van der Waals surface area contributed by atoms with Crippen molar-refractivity contribution in [3.05, 3.63) is 0 Å². The number of carbonyl (C=O) groups excluding carboxylic acids is 2. The lowest BCUT2D eigenvalue weighted by Gasteiger charge is -2.25. The molecule has 1 unspecified atom stereocenters. The van der Waals surface area contributed by atoms with E-state index in [2.05, 4.69) is 12.2 Å². The summed E-state index contributed by atoms with van der Waals surface area (Å²) in [4.78, 5) is 24.1. The number of rotatable bonds is 11. The van der Waals surface area contributed by atoms with Gasteiger partial charge in [0.15, 0.2) is 0 Å². The van der Waals surface area contributed by atoms with Crippen LogP contribution in [0.2, 0.25) is 0 Å². The van der Waals surface area contributed by atoms with Crippen LogP contribution in [0.5, 0.6) is 0 Å². The predicted octanol–water partition coefficient (Wildman–Crippen LogP) is 3.16. The van der Waals surface area contributed by atoms with E-state index in [9.17, 15) is 9.59 Å². The Morgan fingerprint density at radius 1 is 1.13 bits per heavy atom. The summed E-state index contributed by atoms with van der Waals surface area (Å²) in [7, 11) is 0. The summed E-state index contributed by atoms with van der Waals surface area (Å²) in [6.45, 7) is 11.5. The molecule has 0 aromatic heterocycles. The van der Waals surface area contributed by atoms with Crippen molar-refractivity contribution in [2.75, 3.05) is 18.1 Å². The molecular weight excluding hydrogens is 314 g/mol. The van der Waals surface area contributed by atoms with Crippen LogP contribution < -0.4 is 5.32 Å². The number of hydrogen-bond acceptors (Lipinski definition) is 6. The van der Waals surface area contributed by atoms with Crippen LogP contribution in [0.4, 0.5) is 0 Å². The summed E-state index contributed by atoms with van der Waals surface area (Å²) >= 11 is 1.71. The van der Waals surface area contributed by atoms with Crippen molar-refractivity contribution >= 4 is 23.7 Å². The quantitative estimate of drug-likeness (QED) is 0.457. The Hall–Kier alpha value is -0.750. The molecule has 0 aromatic carbocycles. The van der Waals surface area contributed by atoms with E-state index in [1.54, 1.807) is 25.6 Å². The third-order valence-corrected chi connectivity index (χ3v) is 4.11. The molecule has 0 radical (unpaired) electrons. The number of unbranched alkanes of at least 4 members (excludes halogenated alkanes) is 2.